The van der Waals surface area contributed by atoms with Crippen LogP contribution in [-0.2, 0) is 4.79 Å². The van der Waals surface area contributed by atoms with Crippen LogP contribution in [0.15, 0.2) is 0 Å². The van der Waals surface area contributed by atoms with E-state index >= 15 is 0 Å². The molecule has 0 saturated heterocycles. The van der Waals surface area contributed by atoms with Crippen LogP contribution in [0.25, 0.3) is 0 Å². The van der Waals surface area contributed by atoms with Crippen LogP contribution in [0, 0.1) is 22.7 Å². The summed E-state index contributed by atoms with van der Waals surface area (Å²) in [6.07, 6.45) is 2.32. The maximum absolute atomic E-state index is 12.0. The molecule has 0 heterocycles. The van der Waals surface area contributed by atoms with Crippen molar-refractivity contribution in [2.75, 3.05) is 20.6 Å². The molecule has 1 unspecified atom stereocenters. The summed E-state index contributed by atoms with van der Waals surface area (Å²) in [6.45, 7) is 5.02. The number of carbonyl (C=O) groups excluding carboxylic acids is 1. The standard InChI is InChI=1S/C13H23N3O/c1-10-7-13(8-10,9-14)12(17)15-11(2)5-6-16(3)4/h10-11H,5-8H2,1-4H3,(H,15,17). The highest BCUT2D eigenvalue weighted by molar-refractivity contribution is 5.86. The Labute approximate surface area is 104 Å². The lowest BCUT2D eigenvalue weighted by Gasteiger charge is -2.39. The quantitative estimate of drug-likeness (QED) is 0.786. The number of nitrogens with one attached hydrogen (secondary N) is 1. The van der Waals surface area contributed by atoms with E-state index in [1.54, 1.807) is 0 Å². The van der Waals surface area contributed by atoms with Gasteiger partial charge in [-0.3, -0.25) is 4.79 Å². The summed E-state index contributed by atoms with van der Waals surface area (Å²) in [7, 11) is 4.03. The molecule has 4 nitrogen and oxygen atoms in total. The normalized spacial score (nSPS) is 29.3. The van der Waals surface area contributed by atoms with Gasteiger partial charge in [0.25, 0.3) is 0 Å². The molecule has 0 aromatic rings. The van der Waals surface area contributed by atoms with Crippen LogP contribution in [0.1, 0.15) is 33.1 Å². The van der Waals surface area contributed by atoms with Gasteiger partial charge in [-0.25, -0.2) is 0 Å². The van der Waals surface area contributed by atoms with Crippen molar-refractivity contribution in [2.24, 2.45) is 11.3 Å². The Kier molecular flexibility index (Phi) is 4.53. The van der Waals surface area contributed by atoms with Gasteiger partial charge in [-0.2, -0.15) is 5.26 Å². The summed E-state index contributed by atoms with van der Waals surface area (Å²) in [5, 5.41) is 12.1. The molecule has 1 saturated carbocycles. The average molecular weight is 237 g/mol. The SMILES string of the molecule is CC1CC(C#N)(C(=O)NC(C)CCN(C)C)C1. The number of amides is 1. The maximum Gasteiger partial charge on any atom is 0.240 e. The zero-order valence-electron chi connectivity index (χ0n) is 11.3. The lowest BCUT2D eigenvalue weighted by Crippen LogP contribution is -2.50. The van der Waals surface area contributed by atoms with Crippen LogP contribution in [0.2, 0.25) is 0 Å². The minimum atomic E-state index is -0.744. The van der Waals surface area contributed by atoms with Crippen LogP contribution in [-0.4, -0.2) is 37.5 Å². The molecule has 0 bridgehead atoms. The largest absolute Gasteiger partial charge is 0.352 e. The van der Waals surface area contributed by atoms with Crippen molar-refractivity contribution in [1.82, 2.24) is 10.2 Å². The molecule has 0 aromatic carbocycles. The third-order valence-electron chi connectivity index (χ3n) is 3.43. The lowest BCUT2D eigenvalue weighted by atomic mass is 9.63. The maximum atomic E-state index is 12.0. The second-order valence-electron chi connectivity index (χ2n) is 5.67. The highest BCUT2D eigenvalue weighted by atomic mass is 16.2. The molecule has 1 atom stereocenters. The van der Waals surface area contributed by atoms with E-state index in [2.05, 4.69) is 23.2 Å². The lowest BCUT2D eigenvalue weighted by molar-refractivity contribution is -0.134. The van der Waals surface area contributed by atoms with Crippen molar-refractivity contribution in [3.8, 4) is 6.07 Å². The predicted octanol–water partition coefficient (Wildman–Crippen LogP) is 1.38. The average Bonchev–Trinajstić information content (AvgIpc) is 2.21. The molecular formula is C13H23N3O. The Morgan fingerprint density at radius 2 is 2.18 bits per heavy atom. The summed E-state index contributed by atoms with van der Waals surface area (Å²) >= 11 is 0. The number of rotatable bonds is 5. The van der Waals surface area contributed by atoms with E-state index in [-0.39, 0.29) is 11.9 Å². The van der Waals surface area contributed by atoms with Crippen LogP contribution in [0.5, 0.6) is 0 Å². The van der Waals surface area contributed by atoms with Crippen molar-refractivity contribution in [3.05, 3.63) is 0 Å². The highest BCUT2D eigenvalue weighted by Crippen LogP contribution is 2.45. The highest BCUT2D eigenvalue weighted by Gasteiger charge is 2.49. The second kappa shape index (κ2) is 5.50. The number of hydrogen-bond donors (Lipinski definition) is 1. The summed E-state index contributed by atoms with van der Waals surface area (Å²) < 4.78 is 0. The summed E-state index contributed by atoms with van der Waals surface area (Å²) in [5.74, 6) is 0.418. The molecule has 0 spiro atoms. The number of hydrogen-bond acceptors (Lipinski definition) is 3. The first-order valence-corrected chi connectivity index (χ1v) is 6.26. The van der Waals surface area contributed by atoms with E-state index in [1.165, 1.54) is 0 Å². The van der Waals surface area contributed by atoms with Gasteiger partial charge in [0.2, 0.25) is 5.91 Å². The number of nitrogens with zero attached hydrogens (tertiary/aromatic N) is 2. The van der Waals surface area contributed by atoms with E-state index in [0.717, 1.165) is 13.0 Å². The minimum Gasteiger partial charge on any atom is -0.352 e. The van der Waals surface area contributed by atoms with E-state index in [4.69, 9.17) is 5.26 Å². The van der Waals surface area contributed by atoms with E-state index in [1.807, 2.05) is 21.0 Å². The van der Waals surface area contributed by atoms with Crippen LogP contribution in [0.3, 0.4) is 0 Å². The van der Waals surface area contributed by atoms with Gasteiger partial charge in [-0.05, 0) is 52.7 Å². The van der Waals surface area contributed by atoms with E-state index < -0.39 is 5.41 Å². The second-order valence-corrected chi connectivity index (χ2v) is 5.67. The zero-order valence-corrected chi connectivity index (χ0v) is 11.3. The Morgan fingerprint density at radius 3 is 2.59 bits per heavy atom. The summed E-state index contributed by atoms with van der Waals surface area (Å²) in [4.78, 5) is 14.1. The fourth-order valence-electron chi connectivity index (χ4n) is 2.34. The van der Waals surface area contributed by atoms with Gasteiger partial charge in [0.1, 0.15) is 5.41 Å². The van der Waals surface area contributed by atoms with Crippen molar-refractivity contribution in [1.29, 1.82) is 5.26 Å². The molecule has 17 heavy (non-hydrogen) atoms. The molecule has 0 aliphatic heterocycles. The van der Waals surface area contributed by atoms with Gasteiger partial charge >= 0.3 is 0 Å². The summed E-state index contributed by atoms with van der Waals surface area (Å²) in [6, 6.07) is 2.32. The van der Waals surface area contributed by atoms with Gasteiger partial charge < -0.3 is 10.2 Å². The minimum absolute atomic E-state index is 0.0793. The Balaban J connectivity index is 2.41. The molecule has 1 fully saturated rings. The third kappa shape index (κ3) is 3.44. The van der Waals surface area contributed by atoms with Gasteiger partial charge in [-0.15, -0.1) is 0 Å². The van der Waals surface area contributed by atoms with Gasteiger partial charge in [0, 0.05) is 6.04 Å². The Hall–Kier alpha value is -1.08. The van der Waals surface area contributed by atoms with Crippen molar-refractivity contribution < 1.29 is 4.79 Å². The number of nitriles is 1. The molecule has 1 amide bonds. The van der Waals surface area contributed by atoms with Crippen molar-refractivity contribution in [3.63, 3.8) is 0 Å². The first kappa shape index (κ1) is 14.0. The van der Waals surface area contributed by atoms with Crippen molar-refractivity contribution in [2.45, 2.75) is 39.2 Å². The van der Waals surface area contributed by atoms with E-state index in [9.17, 15) is 4.79 Å². The fourth-order valence-corrected chi connectivity index (χ4v) is 2.34. The first-order chi connectivity index (χ1) is 7.89. The monoisotopic (exact) mass is 237 g/mol. The molecule has 96 valence electrons. The molecule has 0 aromatic heterocycles. The topological polar surface area (TPSA) is 56.1 Å². The molecular weight excluding hydrogens is 214 g/mol. The smallest absolute Gasteiger partial charge is 0.240 e. The van der Waals surface area contributed by atoms with Gasteiger partial charge in [0.15, 0.2) is 0 Å². The van der Waals surface area contributed by atoms with Crippen molar-refractivity contribution >= 4 is 5.91 Å². The molecule has 0 radical (unpaired) electrons. The molecule has 1 aliphatic carbocycles. The Bertz CT molecular complexity index is 313. The fraction of sp³-hybridized carbons (Fsp3) is 0.846. The van der Waals surface area contributed by atoms with Crippen LogP contribution in [0.4, 0.5) is 0 Å². The van der Waals surface area contributed by atoms with E-state index in [0.29, 0.717) is 18.8 Å². The molecule has 4 heteroatoms. The van der Waals surface area contributed by atoms with Gasteiger partial charge in [0.05, 0.1) is 6.07 Å². The van der Waals surface area contributed by atoms with Crippen LogP contribution < -0.4 is 5.32 Å². The first-order valence-electron chi connectivity index (χ1n) is 6.26. The number of carbonyl (C=O) groups is 1. The molecule has 1 aliphatic rings. The van der Waals surface area contributed by atoms with Gasteiger partial charge in [-0.1, -0.05) is 6.92 Å². The third-order valence-corrected chi connectivity index (χ3v) is 3.43. The summed E-state index contributed by atoms with van der Waals surface area (Å²) in [5.41, 5.74) is -0.744. The predicted molar refractivity (Wildman–Crippen MR) is 67.2 cm³/mol. The Morgan fingerprint density at radius 1 is 1.59 bits per heavy atom. The molecule has 1 rings (SSSR count). The zero-order chi connectivity index (χ0) is 13.1. The molecule has 1 N–H and O–H groups in total. The van der Waals surface area contributed by atoms with Crippen LogP contribution >= 0.6 is 0 Å².